The average molecular weight is 280 g/mol. The van der Waals surface area contributed by atoms with Crippen molar-refractivity contribution in [1.29, 1.82) is 0 Å². The van der Waals surface area contributed by atoms with Gasteiger partial charge in [-0.25, -0.2) is 0 Å². The number of rotatable bonds is 4. The minimum Gasteiger partial charge on any atom is -0.384 e. The molecule has 1 aliphatic rings. The van der Waals surface area contributed by atoms with E-state index in [1.165, 1.54) is 11.1 Å². The number of aryl methyl sites for hydroxylation is 1. The highest BCUT2D eigenvalue weighted by Crippen LogP contribution is 2.23. The quantitative estimate of drug-likeness (QED) is 0.893. The Kier molecular flexibility index (Phi) is 3.91. The number of carbonyl (C=O) groups is 1. The Hall–Kier alpha value is -2.29. The molecule has 0 spiro atoms. The zero-order chi connectivity index (χ0) is 14.7. The van der Waals surface area contributed by atoms with Gasteiger partial charge in [-0.3, -0.25) is 4.79 Å². The Bertz CT molecular complexity index is 647. The predicted octanol–water partition coefficient (Wildman–Crippen LogP) is 3.86. The summed E-state index contributed by atoms with van der Waals surface area (Å²) in [6.45, 7) is 3.12. The van der Waals surface area contributed by atoms with E-state index in [0.717, 1.165) is 42.7 Å². The summed E-state index contributed by atoms with van der Waals surface area (Å²) in [4.78, 5) is 12.3. The van der Waals surface area contributed by atoms with E-state index < -0.39 is 0 Å². The van der Waals surface area contributed by atoms with Crippen LogP contribution in [0.5, 0.6) is 0 Å². The molecule has 2 aromatic carbocycles. The fourth-order valence-corrected chi connectivity index (χ4v) is 2.69. The summed E-state index contributed by atoms with van der Waals surface area (Å²) in [5, 5.41) is 6.26. The van der Waals surface area contributed by atoms with Crippen LogP contribution in [0.2, 0.25) is 0 Å². The van der Waals surface area contributed by atoms with Gasteiger partial charge in [0, 0.05) is 23.5 Å². The molecule has 0 atom stereocenters. The number of fused-ring (bicyclic) bond motifs is 1. The number of amides is 1. The van der Waals surface area contributed by atoms with E-state index in [1.54, 1.807) is 0 Å². The highest BCUT2D eigenvalue weighted by molar-refractivity contribution is 6.04. The highest BCUT2D eigenvalue weighted by Gasteiger charge is 2.13. The van der Waals surface area contributed by atoms with Gasteiger partial charge in [-0.2, -0.15) is 0 Å². The molecule has 0 unspecified atom stereocenters. The Morgan fingerprint density at radius 2 is 2.00 bits per heavy atom. The van der Waals surface area contributed by atoms with Crippen molar-refractivity contribution >= 4 is 17.3 Å². The molecular formula is C18H20N2O. The third kappa shape index (κ3) is 3.07. The maximum absolute atomic E-state index is 12.3. The van der Waals surface area contributed by atoms with Crippen molar-refractivity contribution in [3.8, 4) is 0 Å². The van der Waals surface area contributed by atoms with Crippen LogP contribution in [0.25, 0.3) is 0 Å². The van der Waals surface area contributed by atoms with Crippen molar-refractivity contribution in [3.05, 3.63) is 59.2 Å². The van der Waals surface area contributed by atoms with Gasteiger partial charge in [0.15, 0.2) is 0 Å². The maximum atomic E-state index is 12.3. The second-order valence-electron chi connectivity index (χ2n) is 5.45. The van der Waals surface area contributed by atoms with Gasteiger partial charge in [0.1, 0.15) is 0 Å². The van der Waals surface area contributed by atoms with Crippen LogP contribution < -0.4 is 10.6 Å². The summed E-state index contributed by atoms with van der Waals surface area (Å²) in [6, 6.07) is 13.9. The van der Waals surface area contributed by atoms with E-state index in [9.17, 15) is 4.79 Å². The topological polar surface area (TPSA) is 41.1 Å². The van der Waals surface area contributed by atoms with E-state index in [2.05, 4.69) is 29.7 Å². The lowest BCUT2D eigenvalue weighted by Gasteiger charge is -2.08. The van der Waals surface area contributed by atoms with Crippen LogP contribution in [0.1, 0.15) is 34.8 Å². The lowest BCUT2D eigenvalue weighted by Crippen LogP contribution is -2.12. The Morgan fingerprint density at radius 1 is 1.19 bits per heavy atom. The molecule has 2 aromatic rings. The van der Waals surface area contributed by atoms with Crippen molar-refractivity contribution in [3.63, 3.8) is 0 Å². The van der Waals surface area contributed by atoms with Gasteiger partial charge in [-0.15, -0.1) is 0 Å². The maximum Gasteiger partial charge on any atom is 0.255 e. The summed E-state index contributed by atoms with van der Waals surface area (Å²) in [5.74, 6) is -0.0482. The molecule has 0 saturated heterocycles. The third-order valence-corrected chi connectivity index (χ3v) is 3.83. The summed E-state index contributed by atoms with van der Waals surface area (Å²) >= 11 is 0. The van der Waals surface area contributed by atoms with E-state index >= 15 is 0 Å². The van der Waals surface area contributed by atoms with Gasteiger partial charge in [0.2, 0.25) is 0 Å². The monoisotopic (exact) mass is 280 g/mol. The minimum atomic E-state index is -0.0482. The average Bonchev–Trinajstić information content (AvgIpc) is 2.97. The second-order valence-corrected chi connectivity index (χ2v) is 5.45. The third-order valence-electron chi connectivity index (χ3n) is 3.83. The van der Waals surface area contributed by atoms with Crippen molar-refractivity contribution in [2.24, 2.45) is 0 Å². The highest BCUT2D eigenvalue weighted by atomic mass is 16.1. The molecule has 0 bridgehead atoms. The number of hydrogen-bond donors (Lipinski definition) is 2. The number of hydrogen-bond acceptors (Lipinski definition) is 2. The summed E-state index contributed by atoms with van der Waals surface area (Å²) in [7, 11) is 0. The van der Waals surface area contributed by atoms with Gasteiger partial charge in [-0.05, 0) is 54.3 Å². The Morgan fingerprint density at radius 3 is 2.76 bits per heavy atom. The summed E-state index contributed by atoms with van der Waals surface area (Å²) < 4.78 is 0. The summed E-state index contributed by atoms with van der Waals surface area (Å²) in [5.41, 5.74) is 5.24. The van der Waals surface area contributed by atoms with Gasteiger partial charge < -0.3 is 10.6 Å². The van der Waals surface area contributed by atoms with Crippen LogP contribution >= 0.6 is 0 Å². The lowest BCUT2D eigenvalue weighted by atomic mass is 10.1. The normalized spacial score (nSPS) is 12.6. The molecule has 1 aliphatic heterocycles. The van der Waals surface area contributed by atoms with Gasteiger partial charge >= 0.3 is 0 Å². The Balaban J connectivity index is 1.71. The van der Waals surface area contributed by atoms with Crippen LogP contribution in [0.3, 0.4) is 0 Å². The number of anilines is 2. The van der Waals surface area contributed by atoms with Crippen molar-refractivity contribution in [2.75, 3.05) is 17.2 Å². The fraction of sp³-hybridized carbons (Fsp3) is 0.278. The molecule has 108 valence electrons. The standard InChI is InChI=1S/C18H20N2O/c1-2-3-13-4-7-16(8-5-13)20-18(21)15-6-9-17-14(12-15)10-11-19-17/h4-9,12,19H,2-3,10-11H2,1H3,(H,20,21). The molecule has 2 N–H and O–H groups in total. The molecule has 0 aromatic heterocycles. The smallest absolute Gasteiger partial charge is 0.255 e. The van der Waals surface area contributed by atoms with Crippen LogP contribution in [0.15, 0.2) is 42.5 Å². The molecule has 3 nitrogen and oxygen atoms in total. The lowest BCUT2D eigenvalue weighted by molar-refractivity contribution is 0.102. The van der Waals surface area contributed by atoms with Crippen LogP contribution in [-0.2, 0) is 12.8 Å². The van der Waals surface area contributed by atoms with E-state index in [0.29, 0.717) is 0 Å². The molecule has 0 radical (unpaired) electrons. The first-order valence-electron chi connectivity index (χ1n) is 7.53. The zero-order valence-corrected chi connectivity index (χ0v) is 12.3. The van der Waals surface area contributed by atoms with E-state index in [4.69, 9.17) is 0 Å². The molecule has 0 fully saturated rings. The van der Waals surface area contributed by atoms with Crippen molar-refractivity contribution in [2.45, 2.75) is 26.2 Å². The first-order chi connectivity index (χ1) is 10.3. The molecule has 3 rings (SSSR count). The van der Waals surface area contributed by atoms with Crippen molar-refractivity contribution in [1.82, 2.24) is 0 Å². The number of nitrogens with one attached hydrogen (secondary N) is 2. The predicted molar refractivity (Wildman–Crippen MR) is 87.0 cm³/mol. The first kappa shape index (κ1) is 13.7. The molecule has 21 heavy (non-hydrogen) atoms. The van der Waals surface area contributed by atoms with Crippen LogP contribution in [0, 0.1) is 0 Å². The molecular weight excluding hydrogens is 260 g/mol. The first-order valence-corrected chi connectivity index (χ1v) is 7.53. The molecule has 1 amide bonds. The molecule has 1 heterocycles. The fourth-order valence-electron chi connectivity index (χ4n) is 2.69. The van der Waals surface area contributed by atoms with E-state index in [-0.39, 0.29) is 5.91 Å². The molecule has 3 heteroatoms. The number of carbonyl (C=O) groups excluding carboxylic acids is 1. The summed E-state index contributed by atoms with van der Waals surface area (Å²) in [6.07, 6.45) is 3.20. The van der Waals surface area contributed by atoms with Gasteiger partial charge in [0.25, 0.3) is 5.91 Å². The molecule has 0 aliphatic carbocycles. The molecule has 0 saturated carbocycles. The second kappa shape index (κ2) is 6.00. The van der Waals surface area contributed by atoms with Crippen LogP contribution in [-0.4, -0.2) is 12.5 Å². The largest absolute Gasteiger partial charge is 0.384 e. The Labute approximate surface area is 125 Å². The van der Waals surface area contributed by atoms with Crippen molar-refractivity contribution < 1.29 is 4.79 Å². The van der Waals surface area contributed by atoms with Gasteiger partial charge in [0.05, 0.1) is 0 Å². The van der Waals surface area contributed by atoms with Gasteiger partial charge in [-0.1, -0.05) is 25.5 Å². The number of benzene rings is 2. The SMILES string of the molecule is CCCc1ccc(NC(=O)c2ccc3c(c2)CCN3)cc1. The minimum absolute atomic E-state index is 0.0482. The zero-order valence-electron chi connectivity index (χ0n) is 12.3. The van der Waals surface area contributed by atoms with E-state index in [1.807, 2.05) is 30.3 Å². The van der Waals surface area contributed by atoms with Crippen LogP contribution in [0.4, 0.5) is 11.4 Å².